The minimum absolute atomic E-state index is 0.142. The number of aromatic nitrogens is 2. The van der Waals surface area contributed by atoms with Crippen molar-refractivity contribution in [2.75, 3.05) is 5.32 Å². The second-order valence-electron chi connectivity index (χ2n) is 3.83. The minimum Gasteiger partial charge on any atom is -0.408 e. The summed E-state index contributed by atoms with van der Waals surface area (Å²) in [7, 11) is 0. The number of carbonyl (C=O) groups is 1. The molecule has 0 aromatic carbocycles. The fraction of sp³-hybridized carbons (Fsp3) is 0.625. The molecule has 0 saturated carbocycles. The van der Waals surface area contributed by atoms with Gasteiger partial charge in [-0.15, -0.1) is 5.10 Å². The van der Waals surface area contributed by atoms with Crippen LogP contribution in [0.15, 0.2) is 4.42 Å². The lowest BCUT2D eigenvalue weighted by atomic mass is 9.96. The molecule has 0 fully saturated rings. The molecule has 0 unspecified atom stereocenters. The first-order chi connectivity index (χ1) is 5.89. The topological polar surface area (TPSA) is 68.0 Å². The Morgan fingerprint density at radius 3 is 2.38 bits per heavy atom. The van der Waals surface area contributed by atoms with Crippen molar-refractivity contribution in [2.45, 2.75) is 27.7 Å². The Bertz CT molecular complexity index is 311. The van der Waals surface area contributed by atoms with Gasteiger partial charge in [-0.2, -0.15) is 0 Å². The van der Waals surface area contributed by atoms with E-state index in [1.54, 1.807) is 6.92 Å². The van der Waals surface area contributed by atoms with Crippen LogP contribution in [0.3, 0.4) is 0 Å². The summed E-state index contributed by atoms with van der Waals surface area (Å²) in [6.07, 6.45) is 0. The molecule has 1 aromatic heterocycles. The summed E-state index contributed by atoms with van der Waals surface area (Å²) in [5.41, 5.74) is -0.456. The number of amides is 1. The van der Waals surface area contributed by atoms with Crippen molar-refractivity contribution in [3.63, 3.8) is 0 Å². The van der Waals surface area contributed by atoms with E-state index < -0.39 is 5.41 Å². The third-order valence-corrected chi connectivity index (χ3v) is 1.43. The van der Waals surface area contributed by atoms with Crippen LogP contribution < -0.4 is 5.32 Å². The first-order valence-corrected chi connectivity index (χ1v) is 4.01. The third kappa shape index (κ3) is 2.54. The van der Waals surface area contributed by atoms with Crippen LogP contribution in [0.1, 0.15) is 26.7 Å². The number of carbonyl (C=O) groups excluding carboxylic acids is 1. The van der Waals surface area contributed by atoms with Crippen molar-refractivity contribution in [1.29, 1.82) is 0 Å². The molecule has 0 saturated heterocycles. The number of hydrogen-bond acceptors (Lipinski definition) is 4. The van der Waals surface area contributed by atoms with Gasteiger partial charge in [0.2, 0.25) is 11.8 Å². The van der Waals surface area contributed by atoms with Crippen molar-refractivity contribution < 1.29 is 9.21 Å². The zero-order valence-electron chi connectivity index (χ0n) is 8.21. The number of rotatable bonds is 1. The van der Waals surface area contributed by atoms with E-state index in [-0.39, 0.29) is 11.9 Å². The first kappa shape index (κ1) is 9.70. The van der Waals surface area contributed by atoms with Gasteiger partial charge in [-0.05, 0) is 0 Å². The number of anilines is 1. The van der Waals surface area contributed by atoms with Crippen LogP contribution in [0.2, 0.25) is 0 Å². The van der Waals surface area contributed by atoms with Gasteiger partial charge in [-0.1, -0.05) is 25.9 Å². The van der Waals surface area contributed by atoms with Crippen LogP contribution in [0.25, 0.3) is 0 Å². The van der Waals surface area contributed by atoms with Crippen molar-refractivity contribution >= 4 is 11.9 Å². The van der Waals surface area contributed by atoms with E-state index in [0.29, 0.717) is 5.89 Å². The normalized spacial score (nSPS) is 11.4. The molecule has 1 rings (SSSR count). The highest BCUT2D eigenvalue weighted by Crippen LogP contribution is 2.16. The lowest BCUT2D eigenvalue weighted by Gasteiger charge is -2.15. The number of hydrogen-bond donors (Lipinski definition) is 1. The van der Waals surface area contributed by atoms with Crippen LogP contribution in [-0.4, -0.2) is 16.1 Å². The second-order valence-corrected chi connectivity index (χ2v) is 3.83. The van der Waals surface area contributed by atoms with E-state index in [1.165, 1.54) is 0 Å². The molecule has 0 bridgehead atoms. The predicted octanol–water partition coefficient (Wildman–Crippen LogP) is 1.36. The van der Waals surface area contributed by atoms with E-state index in [1.807, 2.05) is 20.8 Å². The van der Waals surface area contributed by atoms with E-state index in [0.717, 1.165) is 0 Å². The summed E-state index contributed by atoms with van der Waals surface area (Å²) in [4.78, 5) is 11.4. The second kappa shape index (κ2) is 3.16. The lowest BCUT2D eigenvalue weighted by molar-refractivity contribution is -0.123. The van der Waals surface area contributed by atoms with Crippen molar-refractivity contribution in [1.82, 2.24) is 10.2 Å². The smallest absolute Gasteiger partial charge is 0.322 e. The fourth-order valence-corrected chi connectivity index (χ4v) is 0.632. The summed E-state index contributed by atoms with van der Waals surface area (Å²) in [6, 6.07) is 0.150. The highest BCUT2D eigenvalue weighted by atomic mass is 16.4. The predicted molar refractivity (Wildman–Crippen MR) is 47.1 cm³/mol. The Labute approximate surface area is 76.5 Å². The Morgan fingerprint density at radius 1 is 1.38 bits per heavy atom. The maximum atomic E-state index is 11.4. The molecule has 72 valence electrons. The van der Waals surface area contributed by atoms with Crippen LogP contribution in [0.5, 0.6) is 0 Å². The number of aryl methyl sites for hydroxylation is 1. The van der Waals surface area contributed by atoms with Gasteiger partial charge in [-0.25, -0.2) is 0 Å². The largest absolute Gasteiger partial charge is 0.408 e. The maximum Gasteiger partial charge on any atom is 0.322 e. The summed E-state index contributed by atoms with van der Waals surface area (Å²) in [5, 5.41) is 9.76. The Morgan fingerprint density at radius 2 is 2.00 bits per heavy atom. The Hall–Kier alpha value is -1.39. The number of nitrogens with zero attached hydrogens (tertiary/aromatic N) is 2. The average Bonchev–Trinajstić information content (AvgIpc) is 2.33. The van der Waals surface area contributed by atoms with Gasteiger partial charge in [0.1, 0.15) is 0 Å². The molecule has 0 spiro atoms. The molecule has 0 aliphatic rings. The van der Waals surface area contributed by atoms with Gasteiger partial charge >= 0.3 is 6.01 Å². The van der Waals surface area contributed by atoms with Crippen LogP contribution in [0, 0.1) is 12.3 Å². The molecule has 13 heavy (non-hydrogen) atoms. The van der Waals surface area contributed by atoms with Crippen molar-refractivity contribution in [3.05, 3.63) is 5.89 Å². The zero-order chi connectivity index (χ0) is 10.1. The monoisotopic (exact) mass is 183 g/mol. The van der Waals surface area contributed by atoms with E-state index in [2.05, 4.69) is 15.5 Å². The molecule has 1 heterocycles. The summed E-state index contributed by atoms with van der Waals surface area (Å²) in [6.45, 7) is 7.10. The third-order valence-electron chi connectivity index (χ3n) is 1.43. The summed E-state index contributed by atoms with van der Waals surface area (Å²) < 4.78 is 5.00. The van der Waals surface area contributed by atoms with Crippen LogP contribution in [-0.2, 0) is 4.79 Å². The molecule has 0 radical (unpaired) electrons. The standard InChI is InChI=1S/C8H13N3O2/c1-5-10-11-7(13-5)9-6(12)8(2,3)4/h1-4H3,(H,9,11,12). The molecule has 0 aliphatic carbocycles. The molecule has 0 aliphatic heterocycles. The number of nitrogens with one attached hydrogen (secondary N) is 1. The van der Waals surface area contributed by atoms with Crippen LogP contribution in [0.4, 0.5) is 6.01 Å². The molecular weight excluding hydrogens is 170 g/mol. The average molecular weight is 183 g/mol. The van der Waals surface area contributed by atoms with Crippen molar-refractivity contribution in [3.8, 4) is 0 Å². The molecule has 0 atom stereocenters. The van der Waals surface area contributed by atoms with Crippen molar-refractivity contribution in [2.24, 2.45) is 5.41 Å². The molecule has 1 aromatic rings. The van der Waals surface area contributed by atoms with Gasteiger partial charge in [-0.3, -0.25) is 10.1 Å². The van der Waals surface area contributed by atoms with Gasteiger partial charge in [0.25, 0.3) is 0 Å². The van der Waals surface area contributed by atoms with E-state index in [4.69, 9.17) is 4.42 Å². The highest BCUT2D eigenvalue weighted by molar-refractivity contribution is 5.92. The lowest BCUT2D eigenvalue weighted by Crippen LogP contribution is -2.27. The van der Waals surface area contributed by atoms with Gasteiger partial charge in [0, 0.05) is 12.3 Å². The fourth-order valence-electron chi connectivity index (χ4n) is 0.632. The summed E-state index contributed by atoms with van der Waals surface area (Å²) >= 11 is 0. The summed E-state index contributed by atoms with van der Waals surface area (Å²) in [5.74, 6) is 0.292. The SMILES string of the molecule is Cc1nnc(NC(=O)C(C)(C)C)o1. The van der Waals surface area contributed by atoms with Gasteiger partial charge in [0.05, 0.1) is 0 Å². The van der Waals surface area contributed by atoms with Gasteiger partial charge in [0.15, 0.2) is 0 Å². The van der Waals surface area contributed by atoms with E-state index in [9.17, 15) is 4.79 Å². The molecule has 1 amide bonds. The van der Waals surface area contributed by atoms with Gasteiger partial charge < -0.3 is 4.42 Å². The van der Waals surface area contributed by atoms with Crippen LogP contribution >= 0.6 is 0 Å². The highest BCUT2D eigenvalue weighted by Gasteiger charge is 2.22. The zero-order valence-corrected chi connectivity index (χ0v) is 8.21. The first-order valence-electron chi connectivity index (χ1n) is 4.01. The Balaban J connectivity index is 2.65. The van der Waals surface area contributed by atoms with E-state index >= 15 is 0 Å². The quantitative estimate of drug-likeness (QED) is 0.713. The molecule has 5 heteroatoms. The minimum atomic E-state index is -0.456. The maximum absolute atomic E-state index is 11.4. The Kier molecular flexibility index (Phi) is 2.36. The molecule has 1 N–H and O–H groups in total. The molecular formula is C8H13N3O2. The molecule has 5 nitrogen and oxygen atoms in total.